The average molecular weight is 871 g/mol. The van der Waals surface area contributed by atoms with Crippen LogP contribution in [0.3, 0.4) is 0 Å². The third kappa shape index (κ3) is 8.96. The van der Waals surface area contributed by atoms with Crippen LogP contribution in [0.2, 0.25) is 0 Å². The van der Waals surface area contributed by atoms with Crippen molar-refractivity contribution in [1.29, 1.82) is 0 Å². The van der Waals surface area contributed by atoms with E-state index in [0.29, 0.717) is 0 Å². The van der Waals surface area contributed by atoms with E-state index in [9.17, 15) is 0 Å². The Hall–Kier alpha value is -8.72. The van der Waals surface area contributed by atoms with Crippen LogP contribution in [0.5, 0.6) is 0 Å². The van der Waals surface area contributed by atoms with Gasteiger partial charge in [-0.3, -0.25) is 0 Å². The van der Waals surface area contributed by atoms with E-state index in [2.05, 4.69) is 289 Å². The van der Waals surface area contributed by atoms with Crippen molar-refractivity contribution >= 4 is 39.7 Å². The number of hydrogen-bond acceptors (Lipinski definition) is 2. The molecule has 0 unspecified atom stereocenters. The van der Waals surface area contributed by atoms with Gasteiger partial charge in [0.1, 0.15) is 0 Å². The van der Waals surface area contributed by atoms with Crippen molar-refractivity contribution in [3.8, 4) is 55.6 Å². The van der Waals surface area contributed by atoms with Gasteiger partial charge in [0.2, 0.25) is 0 Å². The van der Waals surface area contributed by atoms with Crippen molar-refractivity contribution in [2.45, 2.75) is 12.8 Å². The smallest absolute Gasteiger partial charge is 0.0468 e. The van der Waals surface area contributed by atoms with Gasteiger partial charge in [0, 0.05) is 34.1 Å². The molecule has 0 amide bonds. The number of hydrogen-bond donors (Lipinski definition) is 0. The SMILES string of the molecule is C1=CCCC(c2cc(N(c3ccc(-c4ccccc4)cc3)c3ccc(-c4ccccc4)cc3)ccc2-c2ccc(N(c3ccc(-c4ccccc4)cc3)c3ccc(-c4ccccc4)cc3)cc2)=C1. The summed E-state index contributed by atoms with van der Waals surface area (Å²) in [6, 6.07) is 94.3. The Morgan fingerprint density at radius 2 is 0.544 bits per heavy atom. The normalized spacial score (nSPS) is 12.0. The lowest BCUT2D eigenvalue weighted by Crippen LogP contribution is -2.11. The molecule has 1 aliphatic rings. The molecule has 2 nitrogen and oxygen atoms in total. The Balaban J connectivity index is 0.980. The molecule has 0 saturated heterocycles. The Bertz CT molecular complexity index is 3140. The van der Waals surface area contributed by atoms with E-state index in [1.807, 2.05) is 0 Å². The number of nitrogens with zero attached hydrogens (tertiary/aromatic N) is 2. The van der Waals surface area contributed by atoms with E-state index >= 15 is 0 Å². The van der Waals surface area contributed by atoms with Crippen molar-refractivity contribution in [2.24, 2.45) is 0 Å². The fourth-order valence-electron chi connectivity index (χ4n) is 9.43. The second-order valence-electron chi connectivity index (χ2n) is 17.3. The molecule has 0 aliphatic heterocycles. The molecule has 0 fully saturated rings. The fraction of sp³-hybridized carbons (Fsp3) is 0.0303. The van der Waals surface area contributed by atoms with Crippen LogP contribution in [0.15, 0.2) is 279 Å². The number of allylic oxidation sites excluding steroid dienone is 4. The van der Waals surface area contributed by atoms with Crippen molar-refractivity contribution in [2.75, 3.05) is 9.80 Å². The number of anilines is 6. The minimum absolute atomic E-state index is 0.980. The van der Waals surface area contributed by atoms with Crippen molar-refractivity contribution < 1.29 is 0 Å². The molecule has 68 heavy (non-hydrogen) atoms. The van der Waals surface area contributed by atoms with Gasteiger partial charge >= 0.3 is 0 Å². The largest absolute Gasteiger partial charge is 0.311 e. The Kier molecular flexibility index (Phi) is 12.0. The van der Waals surface area contributed by atoms with Gasteiger partial charge in [0.25, 0.3) is 0 Å². The first-order chi connectivity index (χ1) is 33.7. The Morgan fingerprint density at radius 1 is 0.250 bits per heavy atom. The van der Waals surface area contributed by atoms with Crippen molar-refractivity contribution in [3.05, 3.63) is 285 Å². The highest BCUT2D eigenvalue weighted by Crippen LogP contribution is 2.43. The summed E-state index contributed by atoms with van der Waals surface area (Å²) in [5.74, 6) is 0. The quantitative estimate of drug-likeness (QED) is 0.121. The van der Waals surface area contributed by atoms with Gasteiger partial charge < -0.3 is 9.80 Å². The van der Waals surface area contributed by atoms with Gasteiger partial charge in [0.15, 0.2) is 0 Å². The van der Waals surface area contributed by atoms with Crippen LogP contribution in [-0.4, -0.2) is 0 Å². The minimum atomic E-state index is 0.980. The second kappa shape index (κ2) is 19.4. The maximum absolute atomic E-state index is 2.40. The molecule has 0 spiro atoms. The molecular weight excluding hydrogens is 821 g/mol. The molecule has 0 N–H and O–H groups in total. The zero-order valence-electron chi connectivity index (χ0n) is 37.9. The standard InChI is InChI=1S/C66H50N2/c1-6-16-49(17-7-1)53-26-36-59(37-27-53)67(60-38-28-54(29-39-60)50-18-8-2-9-19-50)61-44-34-58(35-45-61)65-47-46-64(48-66(65)57-24-14-5-15-25-57)68(62-40-30-55(31-41-62)51-20-10-3-11-21-51)63-42-32-56(33-43-63)52-22-12-4-13-23-52/h1-14,16-24,26-48H,15,25H2. The summed E-state index contributed by atoms with van der Waals surface area (Å²) in [4.78, 5) is 4.75. The Labute approximate surface area is 400 Å². The highest BCUT2D eigenvalue weighted by Gasteiger charge is 2.20. The highest BCUT2D eigenvalue weighted by atomic mass is 15.1. The maximum Gasteiger partial charge on any atom is 0.0468 e. The van der Waals surface area contributed by atoms with E-state index < -0.39 is 0 Å². The molecule has 0 heterocycles. The van der Waals surface area contributed by atoms with Crippen LogP contribution in [0.25, 0.3) is 61.2 Å². The first kappa shape index (κ1) is 41.9. The molecule has 0 radical (unpaired) electrons. The average Bonchev–Trinajstić information content (AvgIpc) is 3.43. The van der Waals surface area contributed by atoms with E-state index in [0.717, 1.165) is 47.0 Å². The highest BCUT2D eigenvalue weighted by molar-refractivity contribution is 5.89. The molecule has 1 aliphatic carbocycles. The van der Waals surface area contributed by atoms with Gasteiger partial charge in [0.05, 0.1) is 0 Å². The maximum atomic E-state index is 2.40. The monoisotopic (exact) mass is 870 g/mol. The van der Waals surface area contributed by atoms with Gasteiger partial charge in [-0.2, -0.15) is 0 Å². The van der Waals surface area contributed by atoms with Crippen molar-refractivity contribution in [3.63, 3.8) is 0 Å². The molecule has 0 atom stereocenters. The fourth-order valence-corrected chi connectivity index (χ4v) is 9.43. The minimum Gasteiger partial charge on any atom is -0.311 e. The van der Waals surface area contributed by atoms with Gasteiger partial charge in [-0.05, 0) is 152 Å². The summed E-state index contributed by atoms with van der Waals surface area (Å²) >= 11 is 0. The second-order valence-corrected chi connectivity index (χ2v) is 17.3. The van der Waals surface area contributed by atoms with Crippen LogP contribution >= 0.6 is 0 Å². The molecule has 2 heteroatoms. The van der Waals surface area contributed by atoms with Gasteiger partial charge in [-0.25, -0.2) is 0 Å². The van der Waals surface area contributed by atoms with Gasteiger partial charge in [-0.1, -0.05) is 206 Å². The summed E-state index contributed by atoms with van der Waals surface area (Å²) in [6.45, 7) is 0. The zero-order chi connectivity index (χ0) is 45.5. The first-order valence-electron chi connectivity index (χ1n) is 23.5. The molecule has 10 aromatic rings. The first-order valence-corrected chi connectivity index (χ1v) is 23.5. The van der Waals surface area contributed by atoms with Gasteiger partial charge in [-0.15, -0.1) is 0 Å². The van der Waals surface area contributed by atoms with E-state index in [-0.39, 0.29) is 0 Å². The number of rotatable bonds is 12. The third-order valence-electron chi connectivity index (χ3n) is 13.0. The molecule has 0 saturated carbocycles. The van der Waals surface area contributed by atoms with Crippen LogP contribution < -0.4 is 9.80 Å². The third-order valence-corrected chi connectivity index (χ3v) is 13.0. The summed E-state index contributed by atoms with van der Waals surface area (Å²) < 4.78 is 0. The van der Waals surface area contributed by atoms with Crippen LogP contribution in [-0.2, 0) is 0 Å². The summed E-state index contributed by atoms with van der Waals surface area (Å²) in [6.07, 6.45) is 8.78. The lowest BCUT2D eigenvalue weighted by atomic mass is 9.89. The van der Waals surface area contributed by atoms with Crippen LogP contribution in [0.4, 0.5) is 34.1 Å². The Morgan fingerprint density at radius 3 is 0.868 bits per heavy atom. The molecule has 10 aromatic carbocycles. The lowest BCUT2D eigenvalue weighted by Gasteiger charge is -2.28. The van der Waals surface area contributed by atoms with Crippen LogP contribution in [0.1, 0.15) is 18.4 Å². The predicted octanol–water partition coefficient (Wildman–Crippen LogP) is 18.7. The van der Waals surface area contributed by atoms with Crippen LogP contribution in [0, 0.1) is 0 Å². The molecule has 0 aromatic heterocycles. The molecule has 11 rings (SSSR count). The topological polar surface area (TPSA) is 6.48 Å². The molecular formula is C66H50N2. The van der Waals surface area contributed by atoms with Crippen molar-refractivity contribution in [1.82, 2.24) is 0 Å². The summed E-state index contributed by atoms with van der Waals surface area (Å²) in [7, 11) is 0. The zero-order valence-corrected chi connectivity index (χ0v) is 37.9. The lowest BCUT2D eigenvalue weighted by molar-refractivity contribution is 1.05. The molecule has 324 valence electrons. The summed E-state index contributed by atoms with van der Waals surface area (Å²) in [5.41, 5.74) is 21.2. The summed E-state index contributed by atoms with van der Waals surface area (Å²) in [5, 5.41) is 0. The predicted molar refractivity (Wildman–Crippen MR) is 289 cm³/mol. The van der Waals surface area contributed by atoms with E-state index in [4.69, 9.17) is 0 Å². The number of benzene rings is 10. The van der Waals surface area contributed by atoms with E-state index in [1.54, 1.807) is 0 Å². The van der Waals surface area contributed by atoms with E-state index in [1.165, 1.54) is 66.8 Å². The molecule has 0 bridgehead atoms.